The third kappa shape index (κ3) is 4.84. The third-order valence-corrected chi connectivity index (χ3v) is 9.35. The zero-order valence-corrected chi connectivity index (χ0v) is 21.0. The van der Waals surface area contributed by atoms with Crippen molar-refractivity contribution < 1.29 is 10.2 Å². The van der Waals surface area contributed by atoms with Gasteiger partial charge in [-0.2, -0.15) is 10.9 Å². The van der Waals surface area contributed by atoms with Crippen LogP contribution in [-0.2, 0) is 0 Å². The fourth-order valence-corrected chi connectivity index (χ4v) is 7.43. The molecule has 0 spiro atoms. The summed E-state index contributed by atoms with van der Waals surface area (Å²) < 4.78 is 0. The van der Waals surface area contributed by atoms with Crippen molar-refractivity contribution in [3.63, 3.8) is 0 Å². The van der Waals surface area contributed by atoms with Crippen molar-refractivity contribution >= 4 is 34.3 Å². The highest BCUT2D eigenvalue weighted by Crippen LogP contribution is 2.54. The van der Waals surface area contributed by atoms with Gasteiger partial charge >= 0.3 is 0 Å². The van der Waals surface area contributed by atoms with Crippen LogP contribution in [0.15, 0.2) is 81.9 Å². The van der Waals surface area contributed by atoms with Crippen LogP contribution in [-0.4, -0.2) is 47.8 Å². The number of hydrogen-bond donors (Lipinski definition) is 3. The summed E-state index contributed by atoms with van der Waals surface area (Å²) in [6.45, 7) is 6.68. The Hall–Kier alpha value is -2.44. The van der Waals surface area contributed by atoms with E-state index in [-0.39, 0.29) is 11.7 Å². The summed E-state index contributed by atoms with van der Waals surface area (Å²) in [4.78, 5) is 7.22. The number of fused-ring (bicyclic) bond motifs is 1. The summed E-state index contributed by atoms with van der Waals surface area (Å²) in [6, 6.07) is 21.9. The Morgan fingerprint density at radius 3 is 2.53 bits per heavy atom. The maximum absolute atomic E-state index is 11.4. The van der Waals surface area contributed by atoms with Gasteiger partial charge in [-0.05, 0) is 71.0 Å². The predicted molar refractivity (Wildman–Crippen MR) is 143 cm³/mol. The van der Waals surface area contributed by atoms with Crippen LogP contribution in [0.2, 0.25) is 5.02 Å². The number of anilines is 1. The van der Waals surface area contributed by atoms with Crippen molar-refractivity contribution in [1.29, 1.82) is 0 Å². The molecule has 2 aliphatic rings. The van der Waals surface area contributed by atoms with E-state index < -0.39 is 17.0 Å². The number of benzene rings is 3. The average Bonchev–Trinajstić information content (AvgIpc) is 3.28. The Morgan fingerprint density at radius 2 is 1.74 bits per heavy atom. The van der Waals surface area contributed by atoms with Gasteiger partial charge < -0.3 is 15.1 Å². The molecule has 2 heterocycles. The standard InChI is InChI=1S/C28H31ClN2O2S/c1-20(19-30-12-14-31(15-13-30)23-7-4-6-22(29)17-23)28(33)25-18-24(32)9-10-27(25)34-16-11-21-5-2-3-8-26(21)34/h2-11,16-18,20,28,32-34H,12-15,19H2,1H3. The fraction of sp³-hybridized carbons (Fsp3) is 0.286. The van der Waals surface area contributed by atoms with E-state index in [0.29, 0.717) is 0 Å². The second kappa shape index (κ2) is 10.0. The van der Waals surface area contributed by atoms with Gasteiger partial charge in [-0.25, -0.2) is 0 Å². The number of phenols is 1. The lowest BCUT2D eigenvalue weighted by molar-refractivity contribution is 0.0841. The maximum atomic E-state index is 11.4. The predicted octanol–water partition coefficient (Wildman–Crippen LogP) is 5.94. The lowest BCUT2D eigenvalue weighted by atomic mass is 9.96. The smallest absolute Gasteiger partial charge is 0.116 e. The van der Waals surface area contributed by atoms with Gasteiger partial charge in [-0.15, -0.1) is 0 Å². The summed E-state index contributed by atoms with van der Waals surface area (Å²) >= 11 is 6.17. The molecule has 0 aromatic heterocycles. The Labute approximate surface area is 209 Å². The highest BCUT2D eigenvalue weighted by molar-refractivity contribution is 8.20. The van der Waals surface area contributed by atoms with Crippen LogP contribution in [0.25, 0.3) is 6.08 Å². The largest absolute Gasteiger partial charge is 0.508 e. The third-order valence-electron chi connectivity index (χ3n) is 6.82. The van der Waals surface area contributed by atoms with E-state index in [1.165, 1.54) is 10.5 Å². The second-order valence-corrected chi connectivity index (χ2v) is 11.6. The van der Waals surface area contributed by atoms with Crippen molar-refractivity contribution in [2.45, 2.75) is 22.8 Å². The first-order valence-corrected chi connectivity index (χ1v) is 13.6. The van der Waals surface area contributed by atoms with Gasteiger partial charge in [0, 0.05) is 53.2 Å². The topological polar surface area (TPSA) is 46.9 Å². The maximum Gasteiger partial charge on any atom is 0.116 e. The van der Waals surface area contributed by atoms with Crippen LogP contribution in [0.4, 0.5) is 5.69 Å². The van der Waals surface area contributed by atoms with Crippen LogP contribution < -0.4 is 4.90 Å². The van der Waals surface area contributed by atoms with Crippen LogP contribution in [0, 0.1) is 5.92 Å². The number of thiol groups is 1. The molecule has 3 unspecified atom stereocenters. The molecule has 5 rings (SSSR count). The van der Waals surface area contributed by atoms with Crippen LogP contribution in [0.1, 0.15) is 24.2 Å². The molecule has 6 heteroatoms. The molecular weight excluding hydrogens is 464 g/mol. The Kier molecular flexibility index (Phi) is 6.89. The van der Waals surface area contributed by atoms with E-state index in [9.17, 15) is 10.2 Å². The summed E-state index contributed by atoms with van der Waals surface area (Å²) in [5.74, 6) is 0.238. The molecule has 0 aliphatic carbocycles. The van der Waals surface area contributed by atoms with Crippen LogP contribution in [0.3, 0.4) is 0 Å². The van der Waals surface area contributed by atoms with Gasteiger partial charge in [0.05, 0.1) is 6.10 Å². The van der Waals surface area contributed by atoms with Crippen molar-refractivity contribution in [2.75, 3.05) is 37.6 Å². The average molecular weight is 495 g/mol. The first-order valence-electron chi connectivity index (χ1n) is 11.8. The normalized spacial score (nSPS) is 20.8. The summed E-state index contributed by atoms with van der Waals surface area (Å²) in [7, 11) is -0.683. The lowest BCUT2D eigenvalue weighted by Gasteiger charge is -2.38. The summed E-state index contributed by atoms with van der Waals surface area (Å²) in [5, 5.41) is 24.7. The molecule has 2 N–H and O–H groups in total. The van der Waals surface area contributed by atoms with Gasteiger partial charge in [0.2, 0.25) is 0 Å². The molecule has 4 nitrogen and oxygen atoms in total. The highest BCUT2D eigenvalue weighted by Gasteiger charge is 2.27. The van der Waals surface area contributed by atoms with Crippen molar-refractivity contribution in [2.24, 2.45) is 5.92 Å². The number of nitrogens with zero attached hydrogens (tertiary/aromatic N) is 2. The first kappa shape index (κ1) is 23.3. The lowest BCUT2D eigenvalue weighted by Crippen LogP contribution is -2.48. The molecular formula is C28H31ClN2O2S. The van der Waals surface area contributed by atoms with Gasteiger partial charge in [0.25, 0.3) is 0 Å². The van der Waals surface area contributed by atoms with E-state index in [1.807, 2.05) is 24.3 Å². The van der Waals surface area contributed by atoms with Gasteiger partial charge in [0.1, 0.15) is 5.75 Å². The van der Waals surface area contributed by atoms with E-state index >= 15 is 0 Å². The SMILES string of the molecule is CC(CN1CCN(c2cccc(Cl)c2)CC1)C(O)c1cc(O)ccc1[SH]1C=Cc2ccccc21. The van der Waals surface area contributed by atoms with E-state index in [2.05, 4.69) is 58.5 Å². The minimum absolute atomic E-state index is 0.0371. The molecule has 1 fully saturated rings. The van der Waals surface area contributed by atoms with E-state index in [0.717, 1.165) is 53.9 Å². The Bertz CT molecular complexity index is 1190. The molecule has 34 heavy (non-hydrogen) atoms. The summed E-state index contributed by atoms with van der Waals surface area (Å²) in [6.07, 6.45) is 1.53. The molecule has 178 valence electrons. The molecule has 3 aromatic carbocycles. The van der Waals surface area contributed by atoms with Crippen LogP contribution >= 0.6 is 22.5 Å². The molecule has 1 saturated heterocycles. The minimum atomic E-state index is -0.683. The monoisotopic (exact) mass is 494 g/mol. The van der Waals surface area contributed by atoms with Gasteiger partial charge in [0.15, 0.2) is 0 Å². The van der Waals surface area contributed by atoms with Gasteiger partial charge in [-0.3, -0.25) is 4.90 Å². The van der Waals surface area contributed by atoms with E-state index in [1.54, 1.807) is 12.1 Å². The number of rotatable bonds is 6. The van der Waals surface area contributed by atoms with Gasteiger partial charge in [-0.1, -0.05) is 42.8 Å². The zero-order chi connectivity index (χ0) is 23.7. The quantitative estimate of drug-likeness (QED) is 0.371. The van der Waals surface area contributed by atoms with E-state index in [4.69, 9.17) is 11.6 Å². The molecule has 0 amide bonds. The first-order chi connectivity index (χ1) is 16.5. The molecule has 0 bridgehead atoms. The Balaban J connectivity index is 1.28. The minimum Gasteiger partial charge on any atom is -0.508 e. The summed E-state index contributed by atoms with van der Waals surface area (Å²) in [5.41, 5.74) is 3.25. The molecule has 0 radical (unpaired) electrons. The number of aromatic hydroxyl groups is 1. The number of aliphatic hydroxyl groups excluding tert-OH is 1. The number of halogens is 1. The number of phenolic OH excluding ortho intramolecular Hbond substituents is 1. The number of hydrogen-bond acceptors (Lipinski definition) is 4. The van der Waals surface area contributed by atoms with Crippen molar-refractivity contribution in [3.8, 4) is 5.75 Å². The van der Waals surface area contributed by atoms with Crippen molar-refractivity contribution in [1.82, 2.24) is 4.90 Å². The number of piperazine rings is 1. The molecule has 3 aromatic rings. The molecule has 3 atom stereocenters. The molecule has 2 aliphatic heterocycles. The van der Waals surface area contributed by atoms with Crippen LogP contribution in [0.5, 0.6) is 5.75 Å². The second-order valence-electron chi connectivity index (χ2n) is 9.18. The fourth-order valence-electron chi connectivity index (χ4n) is 4.97. The highest BCUT2D eigenvalue weighted by atomic mass is 35.5. The zero-order valence-electron chi connectivity index (χ0n) is 19.3. The number of aliphatic hydroxyl groups is 1. The molecule has 0 saturated carbocycles. The van der Waals surface area contributed by atoms with Crippen molar-refractivity contribution in [3.05, 3.63) is 88.3 Å². The Morgan fingerprint density at radius 1 is 0.941 bits per heavy atom.